The van der Waals surface area contributed by atoms with Crippen LogP contribution in [0.5, 0.6) is 0 Å². The number of ether oxygens (including phenoxy) is 1. The summed E-state index contributed by atoms with van der Waals surface area (Å²) in [5.41, 5.74) is 0. The van der Waals surface area contributed by atoms with E-state index in [2.05, 4.69) is 14.7 Å². The fraction of sp³-hybridized carbons (Fsp3) is 0.818. The summed E-state index contributed by atoms with van der Waals surface area (Å²) >= 11 is 1.46. The van der Waals surface area contributed by atoms with Crippen molar-refractivity contribution in [2.24, 2.45) is 5.92 Å². The Bertz CT molecular complexity index is 368. The molecule has 5 heteroatoms. The molecule has 0 radical (unpaired) electrons. The van der Waals surface area contributed by atoms with Gasteiger partial charge in [0.1, 0.15) is 5.82 Å². The highest BCUT2D eigenvalue weighted by Crippen LogP contribution is 2.36. The predicted octanol–water partition coefficient (Wildman–Crippen LogP) is 2.22. The molecule has 1 saturated carbocycles. The second kappa shape index (κ2) is 4.30. The van der Waals surface area contributed by atoms with Gasteiger partial charge in [-0.2, -0.15) is 4.37 Å². The summed E-state index contributed by atoms with van der Waals surface area (Å²) in [6, 6.07) is 0.536. The summed E-state index contributed by atoms with van der Waals surface area (Å²) < 4.78 is 9.96. The lowest BCUT2D eigenvalue weighted by atomic mass is 9.82. The van der Waals surface area contributed by atoms with Gasteiger partial charge in [0, 0.05) is 30.1 Å². The summed E-state index contributed by atoms with van der Waals surface area (Å²) in [5.74, 6) is 1.54. The average Bonchev–Trinajstić information content (AvgIpc) is 2.87. The second-order valence-corrected chi connectivity index (χ2v) is 5.44. The molecule has 1 aliphatic heterocycles. The summed E-state index contributed by atoms with van der Waals surface area (Å²) in [7, 11) is 0. The van der Waals surface area contributed by atoms with Gasteiger partial charge in [-0.1, -0.05) is 0 Å². The Balaban J connectivity index is 1.69. The first-order valence-electron chi connectivity index (χ1n) is 6.01. The SMILES string of the molecule is Cc1nsc(N[C@@H]2CCC[C@H]3OCC[C@H]23)n1. The quantitative estimate of drug-likeness (QED) is 0.859. The average molecular weight is 239 g/mol. The van der Waals surface area contributed by atoms with Gasteiger partial charge in [0.15, 0.2) is 0 Å². The molecule has 2 fully saturated rings. The zero-order chi connectivity index (χ0) is 11.0. The predicted molar refractivity (Wildman–Crippen MR) is 63.8 cm³/mol. The van der Waals surface area contributed by atoms with Gasteiger partial charge < -0.3 is 10.1 Å². The van der Waals surface area contributed by atoms with Crippen molar-refractivity contribution in [1.29, 1.82) is 0 Å². The molecular weight excluding hydrogens is 222 g/mol. The number of aromatic nitrogens is 2. The molecule has 0 amide bonds. The smallest absolute Gasteiger partial charge is 0.202 e. The van der Waals surface area contributed by atoms with Crippen LogP contribution in [0.2, 0.25) is 0 Å². The van der Waals surface area contributed by atoms with Crippen molar-refractivity contribution in [3.05, 3.63) is 5.82 Å². The third-order valence-electron chi connectivity index (χ3n) is 3.62. The number of aryl methyl sites for hydroxylation is 1. The van der Waals surface area contributed by atoms with Crippen molar-refractivity contribution in [1.82, 2.24) is 9.36 Å². The second-order valence-electron chi connectivity index (χ2n) is 4.69. The van der Waals surface area contributed by atoms with Crippen molar-refractivity contribution in [2.45, 2.75) is 44.8 Å². The molecule has 0 bridgehead atoms. The van der Waals surface area contributed by atoms with Crippen LogP contribution >= 0.6 is 11.5 Å². The fourth-order valence-corrected chi connectivity index (χ4v) is 3.51. The molecule has 2 aliphatic rings. The van der Waals surface area contributed by atoms with Crippen LogP contribution < -0.4 is 5.32 Å². The van der Waals surface area contributed by atoms with Gasteiger partial charge in [0.2, 0.25) is 5.13 Å². The molecule has 4 nitrogen and oxygen atoms in total. The molecule has 0 spiro atoms. The molecule has 0 unspecified atom stereocenters. The molecule has 1 aliphatic carbocycles. The zero-order valence-corrected chi connectivity index (χ0v) is 10.3. The molecule has 88 valence electrons. The Morgan fingerprint density at radius 1 is 1.38 bits per heavy atom. The maximum atomic E-state index is 5.76. The van der Waals surface area contributed by atoms with Crippen molar-refractivity contribution in [3.63, 3.8) is 0 Å². The van der Waals surface area contributed by atoms with E-state index in [4.69, 9.17) is 4.74 Å². The van der Waals surface area contributed by atoms with Crippen molar-refractivity contribution < 1.29 is 4.74 Å². The van der Waals surface area contributed by atoms with Crippen LogP contribution in [-0.2, 0) is 4.74 Å². The highest BCUT2D eigenvalue weighted by Gasteiger charge is 2.37. The molecule has 1 N–H and O–H groups in total. The minimum atomic E-state index is 0.486. The summed E-state index contributed by atoms with van der Waals surface area (Å²) in [4.78, 5) is 4.37. The van der Waals surface area contributed by atoms with E-state index < -0.39 is 0 Å². The molecule has 1 aromatic rings. The van der Waals surface area contributed by atoms with E-state index in [0.29, 0.717) is 18.1 Å². The topological polar surface area (TPSA) is 47.0 Å². The summed E-state index contributed by atoms with van der Waals surface area (Å²) in [6.45, 7) is 2.87. The van der Waals surface area contributed by atoms with Gasteiger partial charge in [-0.3, -0.25) is 0 Å². The lowest BCUT2D eigenvalue weighted by molar-refractivity contribution is 0.0620. The van der Waals surface area contributed by atoms with Gasteiger partial charge in [-0.15, -0.1) is 0 Å². The van der Waals surface area contributed by atoms with Crippen molar-refractivity contribution in [3.8, 4) is 0 Å². The normalized spacial score (nSPS) is 33.7. The summed E-state index contributed by atoms with van der Waals surface area (Å²) in [6.07, 6.45) is 5.41. The molecular formula is C11H17N3OS. The van der Waals surface area contributed by atoms with E-state index in [1.165, 1.54) is 37.2 Å². The van der Waals surface area contributed by atoms with E-state index in [1.54, 1.807) is 0 Å². The summed E-state index contributed by atoms with van der Waals surface area (Å²) in [5, 5.41) is 4.51. The van der Waals surface area contributed by atoms with Crippen LogP contribution in [-0.4, -0.2) is 28.1 Å². The van der Waals surface area contributed by atoms with Crippen LogP contribution in [0.4, 0.5) is 5.13 Å². The lowest BCUT2D eigenvalue weighted by Gasteiger charge is -2.32. The van der Waals surface area contributed by atoms with Gasteiger partial charge in [0.05, 0.1) is 6.10 Å². The molecule has 1 saturated heterocycles. The van der Waals surface area contributed by atoms with Crippen LogP contribution in [0.15, 0.2) is 0 Å². The van der Waals surface area contributed by atoms with Gasteiger partial charge in [0.25, 0.3) is 0 Å². The van der Waals surface area contributed by atoms with Gasteiger partial charge in [-0.25, -0.2) is 4.98 Å². The van der Waals surface area contributed by atoms with E-state index in [9.17, 15) is 0 Å². The fourth-order valence-electron chi connectivity index (χ4n) is 2.87. The van der Waals surface area contributed by atoms with Crippen molar-refractivity contribution in [2.75, 3.05) is 11.9 Å². The first kappa shape index (κ1) is 10.5. The van der Waals surface area contributed by atoms with Crippen LogP contribution in [0.25, 0.3) is 0 Å². The third-order valence-corrected chi connectivity index (χ3v) is 4.36. The lowest BCUT2D eigenvalue weighted by Crippen LogP contribution is -2.38. The highest BCUT2D eigenvalue weighted by atomic mass is 32.1. The molecule has 1 aromatic heterocycles. The van der Waals surface area contributed by atoms with E-state index in [0.717, 1.165) is 17.6 Å². The minimum Gasteiger partial charge on any atom is -0.378 e. The van der Waals surface area contributed by atoms with E-state index >= 15 is 0 Å². The zero-order valence-electron chi connectivity index (χ0n) is 9.48. The monoisotopic (exact) mass is 239 g/mol. The Morgan fingerprint density at radius 3 is 3.12 bits per heavy atom. The Morgan fingerprint density at radius 2 is 2.31 bits per heavy atom. The van der Waals surface area contributed by atoms with Crippen LogP contribution in [0.1, 0.15) is 31.5 Å². The van der Waals surface area contributed by atoms with Crippen molar-refractivity contribution >= 4 is 16.7 Å². The first-order chi connectivity index (χ1) is 7.83. The maximum absolute atomic E-state index is 5.76. The van der Waals surface area contributed by atoms with Crippen LogP contribution in [0, 0.1) is 12.8 Å². The van der Waals surface area contributed by atoms with Gasteiger partial charge in [-0.05, 0) is 32.6 Å². The van der Waals surface area contributed by atoms with Crippen LogP contribution in [0.3, 0.4) is 0 Å². The maximum Gasteiger partial charge on any atom is 0.202 e. The Labute approximate surface area is 99.6 Å². The molecule has 3 atom stereocenters. The largest absolute Gasteiger partial charge is 0.378 e. The Kier molecular flexibility index (Phi) is 2.81. The molecule has 2 heterocycles. The molecule has 3 rings (SSSR count). The number of anilines is 1. The standard InChI is InChI=1S/C11H17N3OS/c1-7-12-11(16-14-7)13-9-3-2-4-10-8(9)5-6-15-10/h8-10H,2-6H2,1H3,(H,12,13,14)/t8-,9-,10-/m1/s1. The Hall–Kier alpha value is -0.680. The number of rotatable bonds is 2. The van der Waals surface area contributed by atoms with E-state index in [-0.39, 0.29) is 0 Å². The third kappa shape index (κ3) is 1.94. The minimum absolute atomic E-state index is 0.486. The highest BCUT2D eigenvalue weighted by molar-refractivity contribution is 7.09. The van der Waals surface area contributed by atoms with E-state index in [1.807, 2.05) is 6.92 Å². The molecule has 16 heavy (non-hydrogen) atoms. The number of fused-ring (bicyclic) bond motifs is 1. The number of hydrogen-bond donors (Lipinski definition) is 1. The number of nitrogens with one attached hydrogen (secondary N) is 1. The van der Waals surface area contributed by atoms with Gasteiger partial charge >= 0.3 is 0 Å². The number of nitrogens with zero attached hydrogens (tertiary/aromatic N) is 2. The first-order valence-corrected chi connectivity index (χ1v) is 6.79. The molecule has 0 aromatic carbocycles. The number of hydrogen-bond acceptors (Lipinski definition) is 5.